The third kappa shape index (κ3) is 3.55. The van der Waals surface area contributed by atoms with Gasteiger partial charge in [0.2, 0.25) is 0 Å². The SMILES string of the molecule is COC(=O)C1=C(C)NC(=O)N[C@@H]1c1ccc(OC)c(OC(F)F)c1. The summed E-state index contributed by atoms with van der Waals surface area (Å²) >= 11 is 0. The van der Waals surface area contributed by atoms with Crippen molar-refractivity contribution in [3.05, 3.63) is 35.0 Å². The number of benzene rings is 1. The second-order valence-electron chi connectivity index (χ2n) is 4.85. The molecule has 130 valence electrons. The summed E-state index contributed by atoms with van der Waals surface area (Å²) in [5.41, 5.74) is 0.828. The average Bonchev–Trinajstić information content (AvgIpc) is 2.52. The highest BCUT2D eigenvalue weighted by atomic mass is 19.3. The molecule has 1 aromatic carbocycles. The molecule has 1 atom stereocenters. The van der Waals surface area contributed by atoms with E-state index in [0.29, 0.717) is 11.3 Å². The predicted octanol–water partition coefficient (Wildman–Crippen LogP) is 2.10. The van der Waals surface area contributed by atoms with Crippen LogP contribution in [-0.4, -0.2) is 32.8 Å². The Hall–Kier alpha value is -2.84. The molecule has 1 heterocycles. The summed E-state index contributed by atoms with van der Waals surface area (Å²) in [6.45, 7) is -1.51. The van der Waals surface area contributed by atoms with Gasteiger partial charge in [0.05, 0.1) is 25.8 Å². The molecule has 2 amide bonds. The van der Waals surface area contributed by atoms with Gasteiger partial charge in [0.25, 0.3) is 0 Å². The molecule has 7 nitrogen and oxygen atoms in total. The van der Waals surface area contributed by atoms with Gasteiger partial charge in [-0.15, -0.1) is 0 Å². The molecule has 0 aromatic heterocycles. The Balaban J connectivity index is 2.49. The standard InChI is InChI=1S/C15H16F2N2O5/c1-7-11(13(20)23-3)12(19-15(21)18-7)8-4-5-9(22-2)10(6-8)24-14(16)17/h4-6,12,14H,1-3H3,(H2,18,19,21)/t12-/m1/s1. The van der Waals surface area contributed by atoms with E-state index >= 15 is 0 Å². The van der Waals surface area contributed by atoms with Crippen molar-refractivity contribution in [2.45, 2.75) is 19.6 Å². The van der Waals surface area contributed by atoms with Gasteiger partial charge in [-0.3, -0.25) is 0 Å². The fourth-order valence-electron chi connectivity index (χ4n) is 2.39. The van der Waals surface area contributed by atoms with Gasteiger partial charge in [0.15, 0.2) is 11.5 Å². The number of esters is 1. The molecule has 24 heavy (non-hydrogen) atoms. The van der Waals surface area contributed by atoms with Crippen molar-refractivity contribution < 1.29 is 32.6 Å². The highest BCUT2D eigenvalue weighted by molar-refractivity contribution is 5.94. The summed E-state index contributed by atoms with van der Waals surface area (Å²) in [7, 11) is 2.51. The molecular weight excluding hydrogens is 326 g/mol. The molecule has 0 unspecified atom stereocenters. The molecule has 2 N–H and O–H groups in total. The van der Waals surface area contributed by atoms with Gasteiger partial charge in [0, 0.05) is 5.70 Å². The summed E-state index contributed by atoms with van der Waals surface area (Å²) < 4.78 is 39.2. The van der Waals surface area contributed by atoms with Crippen LogP contribution in [0.15, 0.2) is 29.5 Å². The van der Waals surface area contributed by atoms with Crippen LogP contribution in [0.1, 0.15) is 18.5 Å². The molecule has 0 fully saturated rings. The van der Waals surface area contributed by atoms with Crippen LogP contribution in [0.3, 0.4) is 0 Å². The first-order valence-corrected chi connectivity index (χ1v) is 6.86. The van der Waals surface area contributed by atoms with Crippen LogP contribution in [0.2, 0.25) is 0 Å². The fraction of sp³-hybridized carbons (Fsp3) is 0.333. The van der Waals surface area contributed by atoms with Crippen LogP contribution >= 0.6 is 0 Å². The van der Waals surface area contributed by atoms with E-state index in [4.69, 9.17) is 9.47 Å². The van der Waals surface area contributed by atoms with E-state index in [0.717, 1.165) is 0 Å². The number of nitrogens with one attached hydrogen (secondary N) is 2. The van der Waals surface area contributed by atoms with E-state index in [9.17, 15) is 18.4 Å². The lowest BCUT2D eigenvalue weighted by atomic mass is 9.95. The fourth-order valence-corrected chi connectivity index (χ4v) is 2.39. The molecule has 1 aromatic rings. The Morgan fingerprint density at radius 2 is 1.96 bits per heavy atom. The maximum absolute atomic E-state index is 12.6. The number of hydrogen-bond donors (Lipinski definition) is 2. The summed E-state index contributed by atoms with van der Waals surface area (Å²) in [6.07, 6.45) is 0. The number of ether oxygens (including phenoxy) is 3. The third-order valence-electron chi connectivity index (χ3n) is 3.41. The molecule has 1 aliphatic heterocycles. The zero-order valence-corrected chi connectivity index (χ0v) is 13.2. The quantitative estimate of drug-likeness (QED) is 0.801. The molecular formula is C15H16F2N2O5. The van der Waals surface area contributed by atoms with E-state index < -0.39 is 24.7 Å². The topological polar surface area (TPSA) is 85.9 Å². The zero-order valence-electron chi connectivity index (χ0n) is 13.2. The van der Waals surface area contributed by atoms with E-state index in [1.54, 1.807) is 0 Å². The van der Waals surface area contributed by atoms with Gasteiger partial charge in [0.1, 0.15) is 0 Å². The smallest absolute Gasteiger partial charge is 0.387 e. The van der Waals surface area contributed by atoms with Crippen molar-refractivity contribution in [2.24, 2.45) is 0 Å². The van der Waals surface area contributed by atoms with Crippen LogP contribution in [0, 0.1) is 0 Å². The van der Waals surface area contributed by atoms with Crippen molar-refractivity contribution in [1.82, 2.24) is 10.6 Å². The Kier molecular flexibility index (Phi) is 5.22. The van der Waals surface area contributed by atoms with Crippen LogP contribution in [-0.2, 0) is 9.53 Å². The van der Waals surface area contributed by atoms with Gasteiger partial charge >= 0.3 is 18.6 Å². The molecule has 0 saturated carbocycles. The Bertz CT molecular complexity index is 690. The minimum Gasteiger partial charge on any atom is -0.493 e. The number of halogens is 2. The molecule has 9 heteroatoms. The van der Waals surface area contributed by atoms with Crippen LogP contribution < -0.4 is 20.1 Å². The number of alkyl halides is 2. The zero-order chi connectivity index (χ0) is 17.9. The monoisotopic (exact) mass is 342 g/mol. The number of allylic oxidation sites excluding steroid dienone is 1. The summed E-state index contributed by atoms with van der Waals surface area (Å²) in [6, 6.07) is 2.81. The molecule has 0 saturated heterocycles. The van der Waals surface area contributed by atoms with Gasteiger partial charge in [-0.1, -0.05) is 6.07 Å². The van der Waals surface area contributed by atoms with Crippen LogP contribution in [0.5, 0.6) is 11.5 Å². The second kappa shape index (κ2) is 7.16. The van der Waals surface area contributed by atoms with E-state index in [1.165, 1.54) is 39.3 Å². The van der Waals surface area contributed by atoms with Gasteiger partial charge in [-0.25, -0.2) is 9.59 Å². The number of methoxy groups -OCH3 is 2. The van der Waals surface area contributed by atoms with Crippen molar-refractivity contribution >= 4 is 12.0 Å². The van der Waals surface area contributed by atoms with Gasteiger partial charge < -0.3 is 24.8 Å². The molecule has 2 rings (SSSR count). The maximum Gasteiger partial charge on any atom is 0.387 e. The molecule has 0 radical (unpaired) electrons. The number of amides is 2. The second-order valence-corrected chi connectivity index (χ2v) is 4.85. The molecule has 0 bridgehead atoms. The van der Waals surface area contributed by atoms with E-state index in [-0.39, 0.29) is 17.1 Å². The van der Waals surface area contributed by atoms with Crippen LogP contribution in [0.25, 0.3) is 0 Å². The Morgan fingerprint density at radius 1 is 1.25 bits per heavy atom. The highest BCUT2D eigenvalue weighted by Crippen LogP contribution is 2.35. The molecule has 0 spiro atoms. The molecule has 0 aliphatic carbocycles. The first kappa shape index (κ1) is 17.5. The molecule has 1 aliphatic rings. The lowest BCUT2D eigenvalue weighted by Crippen LogP contribution is -2.45. The van der Waals surface area contributed by atoms with Crippen LogP contribution in [0.4, 0.5) is 13.6 Å². The predicted molar refractivity (Wildman–Crippen MR) is 78.8 cm³/mol. The average molecular weight is 342 g/mol. The summed E-state index contributed by atoms with van der Waals surface area (Å²) in [4.78, 5) is 23.7. The van der Waals surface area contributed by atoms with Crippen molar-refractivity contribution in [2.75, 3.05) is 14.2 Å². The first-order chi connectivity index (χ1) is 11.4. The Morgan fingerprint density at radius 3 is 2.54 bits per heavy atom. The van der Waals surface area contributed by atoms with Crippen molar-refractivity contribution in [3.8, 4) is 11.5 Å². The minimum atomic E-state index is -3.05. The Labute approximate surface area is 136 Å². The maximum atomic E-state index is 12.6. The number of urea groups is 1. The third-order valence-corrected chi connectivity index (χ3v) is 3.41. The summed E-state index contributed by atoms with van der Waals surface area (Å²) in [5.74, 6) is -0.767. The lowest BCUT2D eigenvalue weighted by Gasteiger charge is -2.28. The largest absolute Gasteiger partial charge is 0.493 e. The number of carbonyl (C=O) groups is 2. The highest BCUT2D eigenvalue weighted by Gasteiger charge is 2.32. The summed E-state index contributed by atoms with van der Waals surface area (Å²) in [5, 5.41) is 5.02. The van der Waals surface area contributed by atoms with Crippen molar-refractivity contribution in [3.63, 3.8) is 0 Å². The van der Waals surface area contributed by atoms with E-state index in [2.05, 4.69) is 15.4 Å². The number of carbonyl (C=O) groups excluding carboxylic acids is 2. The lowest BCUT2D eigenvalue weighted by molar-refractivity contribution is -0.136. The first-order valence-electron chi connectivity index (χ1n) is 6.86. The van der Waals surface area contributed by atoms with E-state index in [1.807, 2.05) is 0 Å². The van der Waals surface area contributed by atoms with Gasteiger partial charge in [-0.05, 0) is 24.6 Å². The number of rotatable bonds is 5. The number of hydrogen-bond acceptors (Lipinski definition) is 5. The van der Waals surface area contributed by atoms with Crippen molar-refractivity contribution in [1.29, 1.82) is 0 Å². The minimum absolute atomic E-state index is 0.0969. The van der Waals surface area contributed by atoms with Gasteiger partial charge in [-0.2, -0.15) is 8.78 Å². The normalized spacial score (nSPS) is 17.2.